The molecule has 0 radical (unpaired) electrons. The van der Waals surface area contributed by atoms with Crippen molar-refractivity contribution in [2.24, 2.45) is 0 Å². The lowest BCUT2D eigenvalue weighted by Crippen LogP contribution is -2.34. The molecular formula is C21H29N3O3S. The van der Waals surface area contributed by atoms with Crippen LogP contribution in [0.5, 0.6) is 0 Å². The number of rotatable bonds is 9. The van der Waals surface area contributed by atoms with E-state index in [1.165, 1.54) is 17.7 Å². The van der Waals surface area contributed by atoms with Gasteiger partial charge in [-0.1, -0.05) is 30.3 Å². The number of aryl methyl sites for hydroxylation is 1. The molecule has 0 aliphatic heterocycles. The number of sulfonamides is 1. The summed E-state index contributed by atoms with van der Waals surface area (Å²) in [5.74, 6) is 0. The van der Waals surface area contributed by atoms with E-state index in [4.69, 9.17) is 0 Å². The molecule has 1 atom stereocenters. The molecule has 0 saturated heterocycles. The number of amides is 2. The van der Waals surface area contributed by atoms with Gasteiger partial charge in [-0.3, -0.25) is 0 Å². The monoisotopic (exact) mass is 403 g/mol. The van der Waals surface area contributed by atoms with E-state index in [-0.39, 0.29) is 17.0 Å². The molecule has 0 unspecified atom stereocenters. The molecule has 0 bridgehead atoms. The second kappa shape index (κ2) is 10.2. The van der Waals surface area contributed by atoms with E-state index >= 15 is 0 Å². The largest absolute Gasteiger partial charge is 0.325 e. The van der Waals surface area contributed by atoms with Gasteiger partial charge in [-0.25, -0.2) is 17.9 Å². The number of nitrogens with zero attached hydrogens (tertiary/aromatic N) is 1. The van der Waals surface area contributed by atoms with Gasteiger partial charge in [0.15, 0.2) is 0 Å². The summed E-state index contributed by atoms with van der Waals surface area (Å²) in [6.07, 6.45) is 1.52. The number of carbonyl (C=O) groups excluding carboxylic acids is 1. The van der Waals surface area contributed by atoms with Crippen LogP contribution in [0.1, 0.15) is 32.8 Å². The first-order valence-corrected chi connectivity index (χ1v) is 11.1. The van der Waals surface area contributed by atoms with Crippen molar-refractivity contribution in [2.45, 2.75) is 44.6 Å². The van der Waals surface area contributed by atoms with E-state index in [0.717, 1.165) is 6.42 Å². The summed E-state index contributed by atoms with van der Waals surface area (Å²) in [4.78, 5) is 13.9. The molecule has 0 saturated carbocycles. The molecule has 2 aromatic rings. The molecule has 6 nitrogen and oxygen atoms in total. The molecule has 0 aliphatic rings. The van der Waals surface area contributed by atoms with Gasteiger partial charge < -0.3 is 10.2 Å². The van der Waals surface area contributed by atoms with Gasteiger partial charge in [-0.15, -0.1) is 0 Å². The van der Waals surface area contributed by atoms with Gasteiger partial charge in [-0.05, 0) is 63.4 Å². The molecule has 0 spiro atoms. The maximum absolute atomic E-state index is 12.6. The van der Waals surface area contributed by atoms with Crippen LogP contribution in [0.3, 0.4) is 0 Å². The Morgan fingerprint density at radius 3 is 2.18 bits per heavy atom. The first-order valence-electron chi connectivity index (χ1n) is 9.58. The minimum Gasteiger partial charge on any atom is -0.325 e. The highest BCUT2D eigenvalue weighted by Gasteiger charge is 2.18. The Bertz CT molecular complexity index is 848. The first-order chi connectivity index (χ1) is 13.4. The van der Waals surface area contributed by atoms with E-state index in [9.17, 15) is 13.2 Å². The van der Waals surface area contributed by atoms with E-state index in [0.29, 0.717) is 25.2 Å². The zero-order valence-electron chi connectivity index (χ0n) is 16.7. The van der Waals surface area contributed by atoms with Crippen LogP contribution in [0.2, 0.25) is 0 Å². The number of urea groups is 1. The molecule has 2 amide bonds. The van der Waals surface area contributed by atoms with Crippen LogP contribution >= 0.6 is 0 Å². The maximum atomic E-state index is 12.6. The summed E-state index contributed by atoms with van der Waals surface area (Å²) in [5, 5.41) is 2.77. The third-order valence-corrected chi connectivity index (χ3v) is 6.14. The van der Waals surface area contributed by atoms with Crippen molar-refractivity contribution in [1.29, 1.82) is 0 Å². The second-order valence-corrected chi connectivity index (χ2v) is 8.39. The second-order valence-electron chi connectivity index (χ2n) is 6.67. The predicted octanol–water partition coefficient (Wildman–Crippen LogP) is 3.86. The van der Waals surface area contributed by atoms with E-state index in [1.54, 1.807) is 17.0 Å². The Morgan fingerprint density at radius 2 is 1.61 bits per heavy atom. The van der Waals surface area contributed by atoms with E-state index in [2.05, 4.69) is 10.0 Å². The van der Waals surface area contributed by atoms with Crippen molar-refractivity contribution in [3.05, 3.63) is 60.2 Å². The molecule has 0 heterocycles. The third kappa shape index (κ3) is 6.35. The number of carbonyl (C=O) groups is 1. The van der Waals surface area contributed by atoms with Crippen LogP contribution in [-0.4, -0.2) is 38.5 Å². The number of hydrogen-bond donors (Lipinski definition) is 2. The number of benzene rings is 2. The summed E-state index contributed by atoms with van der Waals surface area (Å²) in [6, 6.07) is 15.8. The molecule has 2 rings (SSSR count). The predicted molar refractivity (Wildman–Crippen MR) is 113 cm³/mol. The van der Waals surface area contributed by atoms with Crippen LogP contribution in [0.25, 0.3) is 0 Å². The van der Waals surface area contributed by atoms with Crippen LogP contribution < -0.4 is 10.0 Å². The lowest BCUT2D eigenvalue weighted by molar-refractivity contribution is 0.217. The molecule has 0 fully saturated rings. The van der Waals surface area contributed by atoms with Crippen molar-refractivity contribution in [2.75, 3.05) is 18.4 Å². The minimum absolute atomic E-state index is 0.180. The maximum Gasteiger partial charge on any atom is 0.321 e. The molecule has 2 N–H and O–H groups in total. The summed E-state index contributed by atoms with van der Waals surface area (Å²) < 4.78 is 27.9. The van der Waals surface area contributed by atoms with Gasteiger partial charge in [0, 0.05) is 24.8 Å². The van der Waals surface area contributed by atoms with Gasteiger partial charge in [0.1, 0.15) is 0 Å². The molecular weight excluding hydrogens is 374 g/mol. The molecule has 2 aromatic carbocycles. The lowest BCUT2D eigenvalue weighted by Gasteiger charge is -2.19. The highest BCUT2D eigenvalue weighted by Crippen LogP contribution is 2.16. The zero-order valence-corrected chi connectivity index (χ0v) is 17.5. The average molecular weight is 404 g/mol. The van der Waals surface area contributed by atoms with Crippen molar-refractivity contribution < 1.29 is 13.2 Å². The fourth-order valence-electron chi connectivity index (χ4n) is 2.85. The summed E-state index contributed by atoms with van der Waals surface area (Å²) in [6.45, 7) is 6.89. The summed E-state index contributed by atoms with van der Waals surface area (Å²) in [7, 11) is -3.61. The first kappa shape index (κ1) is 21.9. The van der Waals surface area contributed by atoms with Gasteiger partial charge in [0.2, 0.25) is 10.0 Å². The van der Waals surface area contributed by atoms with Crippen molar-refractivity contribution in [1.82, 2.24) is 9.62 Å². The third-order valence-electron chi connectivity index (χ3n) is 4.53. The molecule has 0 aliphatic carbocycles. The van der Waals surface area contributed by atoms with Crippen LogP contribution in [0, 0.1) is 0 Å². The Balaban J connectivity index is 1.94. The number of nitrogens with one attached hydrogen (secondary N) is 2. The highest BCUT2D eigenvalue weighted by molar-refractivity contribution is 7.89. The van der Waals surface area contributed by atoms with Crippen molar-refractivity contribution in [3.8, 4) is 0 Å². The van der Waals surface area contributed by atoms with Crippen LogP contribution in [0.15, 0.2) is 59.5 Å². The highest BCUT2D eigenvalue weighted by atomic mass is 32.2. The molecule has 0 aromatic heterocycles. The van der Waals surface area contributed by atoms with Gasteiger partial charge in [0.05, 0.1) is 4.90 Å². The lowest BCUT2D eigenvalue weighted by atomic mass is 10.1. The minimum atomic E-state index is -3.61. The van der Waals surface area contributed by atoms with Crippen molar-refractivity contribution in [3.63, 3.8) is 0 Å². The van der Waals surface area contributed by atoms with Crippen LogP contribution in [-0.2, 0) is 16.4 Å². The number of anilines is 1. The Kier molecular flexibility index (Phi) is 8.02. The Hall–Kier alpha value is -2.38. The molecule has 152 valence electrons. The fraction of sp³-hybridized carbons (Fsp3) is 0.381. The standard InChI is InChI=1S/C21H29N3O3S/c1-4-24(5-2)21(25)22-19-13-15-20(16-14-19)28(26,27)23-17(3)11-12-18-9-7-6-8-10-18/h6-10,13-17,23H,4-5,11-12H2,1-3H3,(H,22,25)/t17-/m1/s1. The van der Waals surface area contributed by atoms with E-state index in [1.807, 2.05) is 51.1 Å². The smallest absolute Gasteiger partial charge is 0.321 e. The zero-order chi connectivity index (χ0) is 20.6. The fourth-order valence-corrected chi connectivity index (χ4v) is 4.13. The van der Waals surface area contributed by atoms with Gasteiger partial charge in [-0.2, -0.15) is 0 Å². The Labute approximate surface area is 168 Å². The van der Waals surface area contributed by atoms with Crippen molar-refractivity contribution >= 4 is 21.7 Å². The molecule has 28 heavy (non-hydrogen) atoms. The topological polar surface area (TPSA) is 78.5 Å². The normalized spacial score (nSPS) is 12.4. The SMILES string of the molecule is CCN(CC)C(=O)Nc1ccc(S(=O)(=O)N[C@H](C)CCc2ccccc2)cc1. The molecule has 7 heteroatoms. The van der Waals surface area contributed by atoms with E-state index < -0.39 is 10.0 Å². The van der Waals surface area contributed by atoms with Gasteiger partial charge >= 0.3 is 6.03 Å². The number of hydrogen-bond acceptors (Lipinski definition) is 3. The van der Waals surface area contributed by atoms with Crippen LogP contribution in [0.4, 0.5) is 10.5 Å². The summed E-state index contributed by atoms with van der Waals surface area (Å²) >= 11 is 0. The van der Waals surface area contributed by atoms with Gasteiger partial charge in [0.25, 0.3) is 0 Å². The quantitative estimate of drug-likeness (QED) is 0.667. The Morgan fingerprint density at radius 1 is 1.00 bits per heavy atom. The summed E-state index contributed by atoms with van der Waals surface area (Å²) in [5.41, 5.74) is 1.75. The average Bonchev–Trinajstić information content (AvgIpc) is 2.68.